The number of piperidine rings is 1. The van der Waals surface area contributed by atoms with Crippen molar-refractivity contribution in [3.8, 4) is 0 Å². The molecule has 1 saturated heterocycles. The largest absolute Gasteiger partial charge is 0.354 e. The van der Waals surface area contributed by atoms with Crippen LogP contribution in [0.1, 0.15) is 25.1 Å². The second-order valence-corrected chi connectivity index (χ2v) is 4.08. The van der Waals surface area contributed by atoms with Crippen LogP contribution in [-0.4, -0.2) is 35.0 Å². The molecule has 88 valence electrons. The van der Waals surface area contributed by atoms with Gasteiger partial charge in [0.25, 0.3) is 0 Å². The summed E-state index contributed by atoms with van der Waals surface area (Å²) in [6.07, 6.45) is 7.54. The molecule has 1 aromatic rings. The van der Waals surface area contributed by atoms with Crippen LogP contribution in [0.4, 0.5) is 0 Å². The van der Waals surface area contributed by atoms with E-state index in [0.717, 1.165) is 31.6 Å². The third-order valence-corrected chi connectivity index (χ3v) is 2.84. The number of hydrogen-bond donors (Lipinski definition) is 3. The molecule has 1 atom stereocenters. The molecule has 5 nitrogen and oxygen atoms in total. The summed E-state index contributed by atoms with van der Waals surface area (Å²) in [5.41, 5.74) is 0. The molecule has 0 unspecified atom stereocenters. The van der Waals surface area contributed by atoms with Crippen LogP contribution < -0.4 is 10.6 Å². The molecule has 0 aromatic carbocycles. The van der Waals surface area contributed by atoms with Crippen LogP contribution in [0.2, 0.25) is 0 Å². The summed E-state index contributed by atoms with van der Waals surface area (Å²) in [7, 11) is 0. The molecule has 0 spiro atoms. The molecule has 1 amide bonds. The Labute approximate surface area is 95.0 Å². The van der Waals surface area contributed by atoms with E-state index in [1.807, 2.05) is 0 Å². The Bertz CT molecular complexity index is 317. The van der Waals surface area contributed by atoms with E-state index in [9.17, 15) is 4.79 Å². The van der Waals surface area contributed by atoms with Crippen LogP contribution in [0.25, 0.3) is 0 Å². The Kier molecular flexibility index (Phi) is 3.93. The van der Waals surface area contributed by atoms with E-state index < -0.39 is 0 Å². The van der Waals surface area contributed by atoms with Gasteiger partial charge in [-0.15, -0.1) is 0 Å². The fraction of sp³-hybridized carbons (Fsp3) is 0.636. The molecular weight excluding hydrogens is 204 g/mol. The van der Waals surface area contributed by atoms with Gasteiger partial charge < -0.3 is 15.6 Å². The van der Waals surface area contributed by atoms with E-state index in [1.54, 1.807) is 12.4 Å². The van der Waals surface area contributed by atoms with Crippen molar-refractivity contribution in [1.29, 1.82) is 0 Å². The first-order valence-electron chi connectivity index (χ1n) is 5.85. The number of nitrogens with one attached hydrogen (secondary N) is 3. The first-order valence-corrected chi connectivity index (χ1v) is 5.85. The number of amides is 1. The van der Waals surface area contributed by atoms with Crippen molar-refractivity contribution in [3.05, 3.63) is 18.2 Å². The maximum atomic E-state index is 11.7. The van der Waals surface area contributed by atoms with E-state index in [4.69, 9.17) is 0 Å². The fourth-order valence-electron chi connectivity index (χ4n) is 1.94. The van der Waals surface area contributed by atoms with Gasteiger partial charge in [-0.05, 0) is 19.4 Å². The number of hydrogen-bond acceptors (Lipinski definition) is 3. The number of aromatic nitrogens is 2. The normalized spacial score (nSPS) is 20.6. The highest BCUT2D eigenvalue weighted by molar-refractivity contribution is 5.81. The van der Waals surface area contributed by atoms with Crippen molar-refractivity contribution in [2.75, 3.05) is 13.1 Å². The molecule has 3 N–H and O–H groups in total. The van der Waals surface area contributed by atoms with E-state index in [-0.39, 0.29) is 11.9 Å². The Morgan fingerprint density at radius 1 is 1.56 bits per heavy atom. The Balaban J connectivity index is 1.67. The second-order valence-electron chi connectivity index (χ2n) is 4.08. The Morgan fingerprint density at radius 2 is 2.50 bits per heavy atom. The predicted molar refractivity (Wildman–Crippen MR) is 60.9 cm³/mol. The molecule has 2 rings (SSSR count). The molecule has 0 saturated carbocycles. The third-order valence-electron chi connectivity index (χ3n) is 2.84. The van der Waals surface area contributed by atoms with Gasteiger partial charge in [-0.2, -0.15) is 0 Å². The molecule has 2 heterocycles. The lowest BCUT2D eigenvalue weighted by Crippen LogP contribution is -2.47. The molecule has 1 aliphatic heterocycles. The minimum Gasteiger partial charge on any atom is -0.354 e. The lowest BCUT2D eigenvalue weighted by Gasteiger charge is -2.22. The van der Waals surface area contributed by atoms with E-state index in [0.29, 0.717) is 6.54 Å². The molecular formula is C11H18N4O. The lowest BCUT2D eigenvalue weighted by molar-refractivity contribution is -0.123. The topological polar surface area (TPSA) is 69.8 Å². The molecule has 0 bridgehead atoms. The molecule has 1 aromatic heterocycles. The SMILES string of the molecule is O=C(NCCc1ncc[nH]1)[C@@H]1CCCCN1. The second kappa shape index (κ2) is 5.65. The van der Waals surface area contributed by atoms with Gasteiger partial charge >= 0.3 is 0 Å². The molecule has 0 radical (unpaired) electrons. The summed E-state index contributed by atoms with van der Waals surface area (Å²) >= 11 is 0. The Morgan fingerprint density at radius 3 is 3.19 bits per heavy atom. The minimum atomic E-state index is 0.00495. The smallest absolute Gasteiger partial charge is 0.237 e. The number of rotatable bonds is 4. The van der Waals surface area contributed by atoms with Crippen LogP contribution >= 0.6 is 0 Å². The van der Waals surface area contributed by atoms with Crippen LogP contribution in [0.5, 0.6) is 0 Å². The van der Waals surface area contributed by atoms with E-state index in [2.05, 4.69) is 20.6 Å². The first kappa shape index (κ1) is 11.1. The molecule has 16 heavy (non-hydrogen) atoms. The number of imidazole rings is 1. The maximum Gasteiger partial charge on any atom is 0.237 e. The molecule has 0 aliphatic carbocycles. The highest BCUT2D eigenvalue weighted by Crippen LogP contribution is 2.06. The van der Waals surface area contributed by atoms with Crippen LogP contribution in [0.15, 0.2) is 12.4 Å². The summed E-state index contributed by atoms with van der Waals surface area (Å²) in [6.45, 7) is 1.60. The van der Waals surface area contributed by atoms with Crippen molar-refractivity contribution in [2.24, 2.45) is 0 Å². The quantitative estimate of drug-likeness (QED) is 0.682. The molecule has 1 aliphatic rings. The zero-order valence-corrected chi connectivity index (χ0v) is 9.33. The van der Waals surface area contributed by atoms with Crippen molar-refractivity contribution < 1.29 is 4.79 Å². The van der Waals surface area contributed by atoms with Crippen LogP contribution in [-0.2, 0) is 11.2 Å². The van der Waals surface area contributed by atoms with Crippen LogP contribution in [0.3, 0.4) is 0 Å². The van der Waals surface area contributed by atoms with Gasteiger partial charge in [0.05, 0.1) is 6.04 Å². The van der Waals surface area contributed by atoms with Crippen molar-refractivity contribution in [3.63, 3.8) is 0 Å². The average molecular weight is 222 g/mol. The maximum absolute atomic E-state index is 11.7. The summed E-state index contributed by atoms with van der Waals surface area (Å²) < 4.78 is 0. The summed E-state index contributed by atoms with van der Waals surface area (Å²) in [6, 6.07) is 0.00495. The number of carbonyl (C=O) groups is 1. The van der Waals surface area contributed by atoms with Gasteiger partial charge in [-0.3, -0.25) is 4.79 Å². The minimum absolute atomic E-state index is 0.00495. The fourth-order valence-corrected chi connectivity index (χ4v) is 1.94. The number of carbonyl (C=O) groups excluding carboxylic acids is 1. The van der Waals surface area contributed by atoms with Crippen molar-refractivity contribution in [1.82, 2.24) is 20.6 Å². The molecule has 1 fully saturated rings. The number of nitrogens with zero attached hydrogens (tertiary/aromatic N) is 1. The highest BCUT2D eigenvalue weighted by Gasteiger charge is 2.19. The average Bonchev–Trinajstić information content (AvgIpc) is 2.83. The summed E-state index contributed by atoms with van der Waals surface area (Å²) in [5, 5.41) is 6.16. The van der Waals surface area contributed by atoms with Gasteiger partial charge in [0.2, 0.25) is 5.91 Å². The summed E-state index contributed by atoms with van der Waals surface area (Å²) in [5.74, 6) is 1.03. The first-order chi connectivity index (χ1) is 7.86. The lowest BCUT2D eigenvalue weighted by atomic mass is 10.0. The van der Waals surface area contributed by atoms with E-state index in [1.165, 1.54) is 6.42 Å². The van der Waals surface area contributed by atoms with Gasteiger partial charge in [-0.1, -0.05) is 6.42 Å². The third kappa shape index (κ3) is 3.06. The van der Waals surface area contributed by atoms with Gasteiger partial charge in [0.15, 0.2) is 0 Å². The molecule has 5 heteroatoms. The van der Waals surface area contributed by atoms with Gasteiger partial charge in [0, 0.05) is 25.4 Å². The summed E-state index contributed by atoms with van der Waals surface area (Å²) in [4.78, 5) is 18.8. The predicted octanol–water partition coefficient (Wildman–Crippen LogP) is 0.210. The van der Waals surface area contributed by atoms with Crippen molar-refractivity contribution in [2.45, 2.75) is 31.7 Å². The zero-order valence-electron chi connectivity index (χ0n) is 9.33. The van der Waals surface area contributed by atoms with E-state index >= 15 is 0 Å². The van der Waals surface area contributed by atoms with Crippen molar-refractivity contribution >= 4 is 5.91 Å². The van der Waals surface area contributed by atoms with Crippen LogP contribution in [0, 0.1) is 0 Å². The highest BCUT2D eigenvalue weighted by atomic mass is 16.2. The van der Waals surface area contributed by atoms with Gasteiger partial charge in [-0.25, -0.2) is 4.98 Å². The Hall–Kier alpha value is -1.36. The monoisotopic (exact) mass is 222 g/mol. The number of H-pyrrole nitrogens is 1. The van der Waals surface area contributed by atoms with Gasteiger partial charge in [0.1, 0.15) is 5.82 Å². The zero-order chi connectivity index (χ0) is 11.2. The number of aromatic amines is 1. The standard InChI is InChI=1S/C11H18N4O/c16-11(9-3-1-2-5-12-9)15-6-4-10-13-7-8-14-10/h7-9,12H,1-6H2,(H,13,14)(H,15,16)/t9-/m0/s1.